The van der Waals surface area contributed by atoms with Gasteiger partial charge in [0, 0.05) is 12.2 Å². The van der Waals surface area contributed by atoms with Gasteiger partial charge in [-0.25, -0.2) is 4.98 Å². The molecule has 0 aromatic carbocycles. The Kier molecular flexibility index (Phi) is 3.19. The number of methoxy groups -OCH3 is 1. The number of rotatable bonds is 3. The molecule has 4 heteroatoms. The van der Waals surface area contributed by atoms with Gasteiger partial charge in [0.05, 0.1) is 25.0 Å². The fourth-order valence-electron chi connectivity index (χ4n) is 3.00. The fourth-order valence-corrected chi connectivity index (χ4v) is 3.00. The molecule has 1 fully saturated rings. The summed E-state index contributed by atoms with van der Waals surface area (Å²) in [5.41, 5.74) is 2.17. The quantitative estimate of drug-likeness (QED) is 0.849. The van der Waals surface area contributed by atoms with E-state index in [1.165, 1.54) is 25.1 Å². The van der Waals surface area contributed by atoms with Crippen molar-refractivity contribution in [2.45, 2.75) is 38.8 Å². The highest BCUT2D eigenvalue weighted by Gasteiger charge is 2.29. The lowest BCUT2D eigenvalue weighted by Gasteiger charge is -2.26. The Balaban J connectivity index is 1.96. The molecule has 4 nitrogen and oxygen atoms in total. The second kappa shape index (κ2) is 4.85. The molecule has 0 bridgehead atoms. The topological polar surface area (TPSA) is 29.8 Å². The lowest BCUT2D eigenvalue weighted by atomic mass is 10.1. The number of pyridine rings is 1. The number of hydrogen-bond acceptors (Lipinski definition) is 3. The summed E-state index contributed by atoms with van der Waals surface area (Å²) in [5.74, 6) is 0.864. The average molecular weight is 259 g/mol. The van der Waals surface area contributed by atoms with Gasteiger partial charge >= 0.3 is 0 Å². The van der Waals surface area contributed by atoms with Gasteiger partial charge in [0.25, 0.3) is 0 Å². The van der Waals surface area contributed by atoms with Crippen molar-refractivity contribution in [3.8, 4) is 5.75 Å². The third-order valence-corrected chi connectivity index (χ3v) is 3.98. The van der Waals surface area contributed by atoms with Crippen LogP contribution in [0, 0.1) is 0 Å². The minimum Gasteiger partial charge on any atom is -0.495 e. The number of hydrogen-bond donors (Lipinski definition) is 0. The molecule has 2 aromatic rings. The van der Waals surface area contributed by atoms with Crippen molar-refractivity contribution in [2.75, 3.05) is 13.7 Å². The van der Waals surface area contributed by atoms with E-state index >= 15 is 0 Å². The average Bonchev–Trinajstić information content (AvgIpc) is 3.03. The van der Waals surface area contributed by atoms with E-state index in [2.05, 4.69) is 29.3 Å². The molecule has 1 atom stereocenters. The molecule has 0 aliphatic carbocycles. The van der Waals surface area contributed by atoms with E-state index in [0.717, 1.165) is 11.4 Å². The summed E-state index contributed by atoms with van der Waals surface area (Å²) < 4.78 is 7.32. The second-order valence-corrected chi connectivity index (χ2v) is 5.49. The van der Waals surface area contributed by atoms with Gasteiger partial charge in [-0.05, 0) is 45.4 Å². The monoisotopic (exact) mass is 259 g/mol. The van der Waals surface area contributed by atoms with Crippen LogP contribution < -0.4 is 4.74 Å². The molecule has 0 N–H and O–H groups in total. The van der Waals surface area contributed by atoms with Gasteiger partial charge in [-0.15, -0.1) is 0 Å². The molecule has 3 heterocycles. The second-order valence-electron chi connectivity index (χ2n) is 5.49. The molecular formula is C15H21N3O. The lowest BCUT2D eigenvalue weighted by Crippen LogP contribution is -2.30. The number of imidazole rings is 1. The van der Waals surface area contributed by atoms with Crippen LogP contribution in [0.5, 0.6) is 5.75 Å². The Morgan fingerprint density at radius 2 is 2.16 bits per heavy atom. The largest absolute Gasteiger partial charge is 0.495 e. The molecule has 0 radical (unpaired) electrons. The fraction of sp³-hybridized carbons (Fsp3) is 0.533. The zero-order valence-electron chi connectivity index (χ0n) is 11.8. The predicted molar refractivity (Wildman–Crippen MR) is 75.6 cm³/mol. The van der Waals surface area contributed by atoms with Crippen LogP contribution in [-0.4, -0.2) is 34.0 Å². The van der Waals surface area contributed by atoms with Crippen LogP contribution in [-0.2, 0) is 0 Å². The van der Waals surface area contributed by atoms with Crippen LogP contribution in [0.2, 0.25) is 0 Å². The van der Waals surface area contributed by atoms with E-state index in [4.69, 9.17) is 9.72 Å². The van der Waals surface area contributed by atoms with Gasteiger partial charge in [0.15, 0.2) is 0 Å². The third kappa shape index (κ3) is 2.21. The first-order valence-corrected chi connectivity index (χ1v) is 6.97. The van der Waals surface area contributed by atoms with Crippen LogP contribution in [0.25, 0.3) is 5.65 Å². The minimum atomic E-state index is 0.464. The Labute approximate surface area is 114 Å². The standard InChI is InChI=1S/C15H21N3O/c1-11(2)18-8-4-5-14(18)13-10-17-9-12(19-3)6-7-15(17)16-13/h6-7,9-11,14H,4-5,8H2,1-3H3. The van der Waals surface area contributed by atoms with Crippen LogP contribution in [0.3, 0.4) is 0 Å². The van der Waals surface area contributed by atoms with Crippen LogP contribution in [0.4, 0.5) is 0 Å². The Morgan fingerprint density at radius 3 is 2.89 bits per heavy atom. The van der Waals surface area contributed by atoms with E-state index in [1.54, 1.807) is 7.11 Å². The van der Waals surface area contributed by atoms with Gasteiger partial charge in [-0.2, -0.15) is 0 Å². The number of aromatic nitrogens is 2. The molecule has 3 rings (SSSR count). The summed E-state index contributed by atoms with van der Waals surface area (Å²) in [5, 5.41) is 0. The SMILES string of the molecule is COc1ccc2nc(C3CCCN3C(C)C)cn2c1. The molecule has 0 spiro atoms. The third-order valence-electron chi connectivity index (χ3n) is 3.98. The first-order chi connectivity index (χ1) is 9.19. The highest BCUT2D eigenvalue weighted by Crippen LogP contribution is 2.33. The lowest BCUT2D eigenvalue weighted by molar-refractivity contribution is 0.202. The first-order valence-electron chi connectivity index (χ1n) is 6.97. The molecule has 0 amide bonds. The molecule has 1 saturated heterocycles. The molecule has 1 aliphatic rings. The number of fused-ring (bicyclic) bond motifs is 1. The number of nitrogens with zero attached hydrogens (tertiary/aromatic N) is 3. The smallest absolute Gasteiger partial charge is 0.137 e. The van der Waals surface area contributed by atoms with Crippen LogP contribution >= 0.6 is 0 Å². The Bertz CT molecular complexity index is 576. The minimum absolute atomic E-state index is 0.464. The maximum absolute atomic E-state index is 5.26. The predicted octanol–water partition coefficient (Wildman–Crippen LogP) is 2.89. The molecule has 0 saturated carbocycles. The molecule has 102 valence electrons. The van der Waals surface area contributed by atoms with Crippen molar-refractivity contribution in [3.63, 3.8) is 0 Å². The van der Waals surface area contributed by atoms with Gasteiger partial charge in [-0.3, -0.25) is 4.90 Å². The van der Waals surface area contributed by atoms with Gasteiger partial charge < -0.3 is 9.14 Å². The highest BCUT2D eigenvalue weighted by molar-refractivity contribution is 5.43. The maximum atomic E-state index is 5.26. The van der Waals surface area contributed by atoms with E-state index in [-0.39, 0.29) is 0 Å². The zero-order chi connectivity index (χ0) is 13.4. The van der Waals surface area contributed by atoms with Crippen molar-refractivity contribution >= 4 is 5.65 Å². The van der Waals surface area contributed by atoms with E-state index in [9.17, 15) is 0 Å². The molecular weight excluding hydrogens is 238 g/mol. The van der Waals surface area contributed by atoms with Crippen molar-refractivity contribution in [2.24, 2.45) is 0 Å². The summed E-state index contributed by atoms with van der Waals surface area (Å²) in [4.78, 5) is 7.31. The van der Waals surface area contributed by atoms with Crippen LogP contribution in [0.1, 0.15) is 38.4 Å². The van der Waals surface area contributed by atoms with Crippen molar-refractivity contribution in [1.82, 2.24) is 14.3 Å². The summed E-state index contributed by atoms with van der Waals surface area (Å²) in [6, 6.07) is 5.01. The van der Waals surface area contributed by atoms with Gasteiger partial charge in [-0.1, -0.05) is 0 Å². The summed E-state index contributed by atoms with van der Waals surface area (Å²) >= 11 is 0. The van der Waals surface area contributed by atoms with E-state index in [0.29, 0.717) is 12.1 Å². The molecule has 19 heavy (non-hydrogen) atoms. The summed E-state index contributed by atoms with van der Waals surface area (Å²) in [6.45, 7) is 5.70. The summed E-state index contributed by atoms with van der Waals surface area (Å²) in [7, 11) is 1.69. The molecule has 1 aliphatic heterocycles. The zero-order valence-corrected chi connectivity index (χ0v) is 11.8. The van der Waals surface area contributed by atoms with Gasteiger partial charge in [0.1, 0.15) is 11.4 Å². The first kappa shape index (κ1) is 12.5. The van der Waals surface area contributed by atoms with Gasteiger partial charge in [0.2, 0.25) is 0 Å². The molecule has 2 aromatic heterocycles. The van der Waals surface area contributed by atoms with Crippen molar-refractivity contribution < 1.29 is 4.74 Å². The van der Waals surface area contributed by atoms with Crippen molar-refractivity contribution in [1.29, 1.82) is 0 Å². The number of ether oxygens (including phenoxy) is 1. The highest BCUT2D eigenvalue weighted by atomic mass is 16.5. The van der Waals surface area contributed by atoms with Crippen LogP contribution in [0.15, 0.2) is 24.5 Å². The summed E-state index contributed by atoms with van der Waals surface area (Å²) in [6.07, 6.45) is 6.60. The van der Waals surface area contributed by atoms with Crippen molar-refractivity contribution in [3.05, 3.63) is 30.2 Å². The Hall–Kier alpha value is -1.55. The number of likely N-dealkylation sites (tertiary alicyclic amines) is 1. The maximum Gasteiger partial charge on any atom is 0.137 e. The molecule has 1 unspecified atom stereocenters. The van der Waals surface area contributed by atoms with E-state index in [1.807, 2.05) is 18.3 Å². The Morgan fingerprint density at radius 1 is 1.32 bits per heavy atom. The normalized spacial score (nSPS) is 20.5. The van der Waals surface area contributed by atoms with E-state index < -0.39 is 0 Å².